The Hall–Kier alpha value is -0.580. The van der Waals surface area contributed by atoms with Gasteiger partial charge >= 0.3 is 0 Å². The summed E-state index contributed by atoms with van der Waals surface area (Å²) < 4.78 is 7.39. The molecule has 21 heavy (non-hydrogen) atoms. The van der Waals surface area contributed by atoms with Crippen LogP contribution in [0, 0.1) is 10.1 Å². The first-order chi connectivity index (χ1) is 9.81. The molecule has 0 bridgehead atoms. The van der Waals surface area contributed by atoms with E-state index < -0.39 is 4.92 Å². The first-order valence-electron chi connectivity index (χ1n) is 5.16. The molecule has 112 valence electrons. The molecule has 6 nitrogen and oxygen atoms in total. The third-order valence-electron chi connectivity index (χ3n) is 1.93. The van der Waals surface area contributed by atoms with Gasteiger partial charge in [-0.15, -0.1) is 0 Å². The van der Waals surface area contributed by atoms with Crippen molar-refractivity contribution < 1.29 is 9.66 Å². The quantitative estimate of drug-likeness (QED) is 0.295. The lowest BCUT2D eigenvalue weighted by Crippen LogP contribution is -1.89. The summed E-state index contributed by atoms with van der Waals surface area (Å²) in [6, 6.07) is 6.27. The fourth-order valence-electron chi connectivity index (χ4n) is 1.12. The van der Waals surface area contributed by atoms with E-state index >= 15 is 0 Å². The molecule has 0 radical (unpaired) electrons. The van der Waals surface area contributed by atoms with Crippen LogP contribution in [0.3, 0.4) is 0 Å². The van der Waals surface area contributed by atoms with Crippen molar-refractivity contribution in [2.75, 3.05) is 7.11 Å². The summed E-state index contributed by atoms with van der Waals surface area (Å²) in [5, 5.41) is 10.2. The van der Waals surface area contributed by atoms with Crippen LogP contribution in [0.15, 0.2) is 42.7 Å². The van der Waals surface area contributed by atoms with Crippen molar-refractivity contribution in [3.63, 3.8) is 0 Å². The van der Waals surface area contributed by atoms with E-state index in [0.717, 1.165) is 15.0 Å². The highest BCUT2D eigenvalue weighted by atomic mass is 79.9. The smallest absolute Gasteiger partial charge is 0.274 e. The molecule has 2 rings (SSSR count). The summed E-state index contributed by atoms with van der Waals surface area (Å²) in [6.45, 7) is 0. The largest absolute Gasteiger partial charge is 0.497 e. The molecular formula is C11H7Br4N3O3. The highest BCUT2D eigenvalue weighted by molar-refractivity contribution is 9.11. The lowest BCUT2D eigenvalue weighted by Gasteiger charge is -1.99. The molecule has 0 amide bonds. The Kier molecular flexibility index (Phi) is 7.71. The Balaban J connectivity index is 0.000000211. The van der Waals surface area contributed by atoms with E-state index in [0.29, 0.717) is 9.21 Å². The van der Waals surface area contributed by atoms with Gasteiger partial charge in [0.15, 0.2) is 0 Å². The first-order valence-corrected chi connectivity index (χ1v) is 8.33. The molecular weight excluding hydrogens is 542 g/mol. The highest BCUT2D eigenvalue weighted by Crippen LogP contribution is 2.21. The molecule has 0 saturated heterocycles. The van der Waals surface area contributed by atoms with Crippen molar-refractivity contribution in [3.8, 4) is 5.75 Å². The average molecular weight is 549 g/mol. The number of nitro groups is 1. The minimum Gasteiger partial charge on any atom is -0.497 e. The van der Waals surface area contributed by atoms with Crippen molar-refractivity contribution >= 4 is 69.4 Å². The van der Waals surface area contributed by atoms with Crippen LogP contribution >= 0.6 is 63.7 Å². The van der Waals surface area contributed by atoms with Crippen molar-refractivity contribution in [2.24, 2.45) is 0 Å². The SMILES string of the molecule is COc1cc(Br)nc(Br)c1.O=[N+]([O-])c1cc(Br)nc(Br)c1. The lowest BCUT2D eigenvalue weighted by molar-refractivity contribution is -0.385. The van der Waals surface area contributed by atoms with Gasteiger partial charge in [0, 0.05) is 24.3 Å². The Bertz CT molecular complexity index is 614. The summed E-state index contributed by atoms with van der Waals surface area (Å²) in [5.41, 5.74) is 0.0127. The van der Waals surface area contributed by atoms with Gasteiger partial charge in [0.1, 0.15) is 24.2 Å². The third kappa shape index (κ3) is 6.81. The zero-order chi connectivity index (χ0) is 16.0. The van der Waals surface area contributed by atoms with Gasteiger partial charge in [-0.05, 0) is 63.7 Å². The molecule has 0 aliphatic rings. The van der Waals surface area contributed by atoms with E-state index in [1.807, 2.05) is 0 Å². The minimum atomic E-state index is -0.475. The number of hydrogen-bond donors (Lipinski definition) is 0. The molecule has 2 heterocycles. The summed E-state index contributed by atoms with van der Waals surface area (Å²) in [7, 11) is 1.62. The van der Waals surface area contributed by atoms with Gasteiger partial charge < -0.3 is 4.74 Å². The molecule has 0 saturated carbocycles. The van der Waals surface area contributed by atoms with Crippen molar-refractivity contribution in [1.82, 2.24) is 9.97 Å². The molecule has 2 aromatic heterocycles. The topological polar surface area (TPSA) is 78.1 Å². The number of hydrogen-bond acceptors (Lipinski definition) is 5. The van der Waals surface area contributed by atoms with Gasteiger partial charge in [0.2, 0.25) is 0 Å². The molecule has 0 unspecified atom stereocenters. The van der Waals surface area contributed by atoms with Gasteiger partial charge in [0.25, 0.3) is 5.69 Å². The van der Waals surface area contributed by atoms with Crippen LogP contribution in [0.1, 0.15) is 0 Å². The normalized spacial score (nSPS) is 9.57. The summed E-state index contributed by atoms with van der Waals surface area (Å²) in [5.74, 6) is 0.786. The van der Waals surface area contributed by atoms with Crippen LogP contribution in [-0.4, -0.2) is 22.0 Å². The molecule has 0 spiro atoms. The standard InChI is InChI=1S/C6H5Br2NO.C5H2Br2N2O2/c1-10-4-2-5(7)9-6(8)3-4;6-4-1-3(9(10)11)2-5(7)8-4/h2-3H,1H3;1-2H. The van der Waals surface area contributed by atoms with E-state index in [4.69, 9.17) is 4.74 Å². The van der Waals surface area contributed by atoms with Crippen molar-refractivity contribution in [1.29, 1.82) is 0 Å². The predicted molar refractivity (Wildman–Crippen MR) is 92.5 cm³/mol. The second-order valence-electron chi connectivity index (χ2n) is 3.38. The van der Waals surface area contributed by atoms with E-state index in [1.165, 1.54) is 12.1 Å². The summed E-state index contributed by atoms with van der Waals surface area (Å²) >= 11 is 12.5. The molecule has 0 atom stereocenters. The zero-order valence-corrected chi connectivity index (χ0v) is 16.7. The lowest BCUT2D eigenvalue weighted by atomic mass is 10.4. The molecule has 0 aliphatic heterocycles. The zero-order valence-electron chi connectivity index (χ0n) is 10.4. The van der Waals surface area contributed by atoms with Crippen LogP contribution in [0.4, 0.5) is 5.69 Å². The molecule has 2 aromatic rings. The van der Waals surface area contributed by atoms with Crippen LogP contribution in [0.25, 0.3) is 0 Å². The molecule has 0 aliphatic carbocycles. The van der Waals surface area contributed by atoms with Gasteiger partial charge in [0.05, 0.1) is 12.0 Å². The number of rotatable bonds is 2. The van der Waals surface area contributed by atoms with Gasteiger partial charge in [-0.3, -0.25) is 10.1 Å². The maximum Gasteiger partial charge on any atom is 0.274 e. The number of ether oxygens (including phenoxy) is 1. The number of methoxy groups -OCH3 is 1. The van der Waals surface area contributed by atoms with Crippen LogP contribution in [0.2, 0.25) is 0 Å². The molecule has 0 fully saturated rings. The minimum absolute atomic E-state index is 0.0127. The number of pyridine rings is 2. The fraction of sp³-hybridized carbons (Fsp3) is 0.0909. The number of halogens is 4. The summed E-state index contributed by atoms with van der Waals surface area (Å²) in [6.07, 6.45) is 0. The maximum atomic E-state index is 10.2. The van der Waals surface area contributed by atoms with Gasteiger partial charge in [-0.2, -0.15) is 0 Å². The van der Waals surface area contributed by atoms with Crippen LogP contribution < -0.4 is 4.74 Å². The highest BCUT2D eigenvalue weighted by Gasteiger charge is 2.07. The van der Waals surface area contributed by atoms with Crippen LogP contribution in [-0.2, 0) is 0 Å². The van der Waals surface area contributed by atoms with E-state index in [9.17, 15) is 10.1 Å². The Morgan fingerprint density at radius 2 is 1.33 bits per heavy atom. The second-order valence-corrected chi connectivity index (χ2v) is 6.63. The second kappa shape index (κ2) is 8.76. The Labute approximate surface area is 154 Å². The van der Waals surface area contributed by atoms with Gasteiger partial charge in [-0.1, -0.05) is 0 Å². The molecule has 0 N–H and O–H groups in total. The van der Waals surface area contributed by atoms with Crippen LogP contribution in [0.5, 0.6) is 5.75 Å². The van der Waals surface area contributed by atoms with Crippen molar-refractivity contribution in [3.05, 3.63) is 52.8 Å². The number of aromatic nitrogens is 2. The van der Waals surface area contributed by atoms with Gasteiger partial charge in [-0.25, -0.2) is 9.97 Å². The Morgan fingerprint density at radius 1 is 0.952 bits per heavy atom. The van der Waals surface area contributed by atoms with E-state index in [1.54, 1.807) is 19.2 Å². The average Bonchev–Trinajstić information content (AvgIpc) is 2.37. The fourth-order valence-corrected chi connectivity index (χ4v) is 3.28. The molecule has 0 aromatic carbocycles. The number of nitrogens with zero attached hydrogens (tertiary/aromatic N) is 3. The first kappa shape index (κ1) is 18.5. The van der Waals surface area contributed by atoms with E-state index in [-0.39, 0.29) is 5.69 Å². The Morgan fingerprint density at radius 3 is 1.67 bits per heavy atom. The van der Waals surface area contributed by atoms with E-state index in [2.05, 4.69) is 73.7 Å². The molecule has 10 heteroatoms. The van der Waals surface area contributed by atoms with Crippen molar-refractivity contribution in [2.45, 2.75) is 0 Å². The predicted octanol–water partition coefficient (Wildman–Crippen LogP) is 5.13. The summed E-state index contributed by atoms with van der Waals surface area (Å²) in [4.78, 5) is 17.6. The monoisotopic (exact) mass is 545 g/mol. The third-order valence-corrected chi connectivity index (χ3v) is 3.56. The maximum absolute atomic E-state index is 10.2.